The molecule has 0 fully saturated rings. The number of benzene rings is 4. The SMILES string of the molecule is CN1[CH-]Nc2ccc3c(sc4ccccc43)c21.Cc1[c-]c(Oc2[c-]c3c(cc2)c2ccccc2n3-c2cc(C(C)(C)C)ccn2)ncc1.[Pt]. The number of aromatic nitrogens is 3. The number of ether oxygens (including phenoxy) is 1. The van der Waals surface area contributed by atoms with E-state index in [2.05, 4.69) is 133 Å². The molecule has 0 spiro atoms. The van der Waals surface area contributed by atoms with Gasteiger partial charge in [-0.05, 0) is 53.7 Å². The molecule has 1 aliphatic heterocycles. The van der Waals surface area contributed by atoms with E-state index in [1.54, 1.807) is 6.20 Å². The van der Waals surface area contributed by atoms with Gasteiger partial charge in [-0.25, -0.2) is 10.5 Å². The Balaban J connectivity index is 0.000000177. The smallest absolute Gasteiger partial charge is 0.135 e. The van der Waals surface area contributed by atoms with E-state index in [1.165, 1.54) is 37.1 Å². The van der Waals surface area contributed by atoms with Crippen LogP contribution in [0.5, 0.6) is 11.6 Å². The van der Waals surface area contributed by atoms with Gasteiger partial charge in [0.1, 0.15) is 11.7 Å². The molecule has 5 heterocycles. The van der Waals surface area contributed by atoms with Gasteiger partial charge < -0.3 is 19.5 Å². The zero-order valence-electron chi connectivity index (χ0n) is 27.8. The molecule has 0 saturated heterocycles. The number of pyridine rings is 2. The number of nitrogens with zero attached hydrogens (tertiary/aromatic N) is 4. The Morgan fingerprint density at radius 1 is 0.816 bits per heavy atom. The fourth-order valence-electron chi connectivity index (χ4n) is 6.27. The Morgan fingerprint density at radius 3 is 2.39 bits per heavy atom. The van der Waals surface area contributed by atoms with Gasteiger partial charge in [0.2, 0.25) is 0 Å². The second-order valence-corrected chi connectivity index (χ2v) is 14.1. The number of fused-ring (bicyclic) bond motifs is 8. The summed E-state index contributed by atoms with van der Waals surface area (Å²) in [4.78, 5) is 11.1. The van der Waals surface area contributed by atoms with E-state index in [4.69, 9.17) is 9.72 Å². The van der Waals surface area contributed by atoms with Gasteiger partial charge in [-0.2, -0.15) is 24.9 Å². The van der Waals surface area contributed by atoms with Crippen molar-refractivity contribution in [3.63, 3.8) is 0 Å². The maximum Gasteiger partial charge on any atom is 0.135 e. The topological polar surface area (TPSA) is 55.2 Å². The predicted octanol–water partition coefficient (Wildman–Crippen LogP) is 10.6. The predicted molar refractivity (Wildman–Crippen MR) is 200 cm³/mol. The minimum atomic E-state index is 0. The summed E-state index contributed by atoms with van der Waals surface area (Å²) in [5, 5.41) is 8.27. The van der Waals surface area contributed by atoms with E-state index in [9.17, 15) is 0 Å². The quantitative estimate of drug-likeness (QED) is 0.180. The maximum atomic E-state index is 5.98. The molecular formula is C41H34N5OPtS-3. The summed E-state index contributed by atoms with van der Waals surface area (Å²) < 4.78 is 10.9. The second kappa shape index (κ2) is 13.0. The molecule has 0 radical (unpaired) electrons. The van der Waals surface area contributed by atoms with Crippen LogP contribution in [0.1, 0.15) is 31.9 Å². The van der Waals surface area contributed by atoms with E-state index in [0.717, 1.165) is 33.2 Å². The van der Waals surface area contributed by atoms with E-state index >= 15 is 0 Å². The van der Waals surface area contributed by atoms with Crippen LogP contribution in [0.25, 0.3) is 47.8 Å². The molecule has 0 unspecified atom stereocenters. The molecule has 0 amide bonds. The standard InChI is InChI=1S/C27H23N3O.C14H11N2S.Pt/c1-18-11-13-29-26(15-18)31-20-9-10-22-21-7-5-6-8-23(21)30(24(22)17-20)25-16-19(12-14-28-25)27(2,3)4;1-16-8-15-11-7-6-10-9-4-2-3-5-12(9)17-14(10)13(11)16;/h5-14,16H,1-4H3;2-8,15H,1H3;/q-2;-1;. The molecule has 4 aromatic carbocycles. The molecule has 1 N–H and O–H groups in total. The van der Waals surface area contributed by atoms with Gasteiger partial charge in [0, 0.05) is 65.4 Å². The van der Waals surface area contributed by atoms with Gasteiger partial charge in [0.15, 0.2) is 0 Å². The Labute approximate surface area is 304 Å². The van der Waals surface area contributed by atoms with Crippen LogP contribution in [0.4, 0.5) is 11.4 Å². The summed E-state index contributed by atoms with van der Waals surface area (Å²) in [6.45, 7) is 10.6. The normalized spacial score (nSPS) is 12.5. The largest absolute Gasteiger partial charge is 0.515 e. The summed E-state index contributed by atoms with van der Waals surface area (Å²) in [6.07, 6.45) is 3.60. The summed E-state index contributed by atoms with van der Waals surface area (Å²) in [7, 11) is 2.09. The molecule has 8 aromatic rings. The van der Waals surface area contributed by atoms with Gasteiger partial charge in [-0.3, -0.25) is 4.98 Å². The molecule has 9 rings (SSSR count). The molecule has 0 atom stereocenters. The average Bonchev–Trinajstić information content (AvgIpc) is 3.75. The van der Waals surface area contributed by atoms with Gasteiger partial charge >= 0.3 is 0 Å². The molecule has 248 valence electrons. The molecule has 6 nitrogen and oxygen atoms in total. The molecule has 4 aromatic heterocycles. The minimum absolute atomic E-state index is 0. The van der Waals surface area contributed by atoms with Crippen molar-refractivity contribution >= 4 is 64.7 Å². The van der Waals surface area contributed by atoms with Crippen LogP contribution in [0.15, 0.2) is 103 Å². The first-order chi connectivity index (χ1) is 23.2. The van der Waals surface area contributed by atoms with Crippen molar-refractivity contribution in [3.05, 3.63) is 133 Å². The Kier molecular flexibility index (Phi) is 8.68. The van der Waals surface area contributed by atoms with E-state index in [-0.39, 0.29) is 26.5 Å². The molecule has 0 bridgehead atoms. The first-order valence-electron chi connectivity index (χ1n) is 16.0. The Bertz CT molecular complexity index is 2480. The zero-order valence-corrected chi connectivity index (χ0v) is 30.9. The molecular weight excluding hydrogens is 806 g/mol. The number of thiophene rings is 1. The number of hydrogen-bond acceptors (Lipinski definition) is 6. The molecule has 8 heteroatoms. The third-order valence-electron chi connectivity index (χ3n) is 8.71. The fraction of sp³-hybridized carbons (Fsp3) is 0.146. The van der Waals surface area contributed by atoms with Crippen LogP contribution in [-0.2, 0) is 26.5 Å². The molecule has 1 aliphatic rings. The van der Waals surface area contributed by atoms with Crippen molar-refractivity contribution in [2.24, 2.45) is 0 Å². The second-order valence-electron chi connectivity index (χ2n) is 13.1. The summed E-state index contributed by atoms with van der Waals surface area (Å²) in [5.41, 5.74) is 6.74. The van der Waals surface area contributed by atoms with Gasteiger partial charge in [0.05, 0.1) is 4.70 Å². The molecule has 49 heavy (non-hydrogen) atoms. The summed E-state index contributed by atoms with van der Waals surface area (Å²) in [5.74, 6) is 1.90. The maximum absolute atomic E-state index is 5.98. The van der Waals surface area contributed by atoms with Gasteiger partial charge in [-0.1, -0.05) is 81.9 Å². The molecule has 0 saturated carbocycles. The van der Waals surface area contributed by atoms with E-state index < -0.39 is 0 Å². The van der Waals surface area contributed by atoms with E-state index in [0.29, 0.717) is 11.6 Å². The Hall–Kier alpha value is -4.71. The van der Waals surface area contributed by atoms with Crippen LogP contribution in [0.3, 0.4) is 0 Å². The minimum Gasteiger partial charge on any atom is -0.515 e. The van der Waals surface area contributed by atoms with Crippen LogP contribution in [0, 0.1) is 25.7 Å². The number of rotatable bonds is 3. The van der Waals surface area contributed by atoms with Crippen LogP contribution in [0.2, 0.25) is 0 Å². The fourth-order valence-corrected chi connectivity index (χ4v) is 7.56. The van der Waals surface area contributed by atoms with Crippen molar-refractivity contribution in [3.8, 4) is 17.4 Å². The van der Waals surface area contributed by atoms with Gasteiger partial charge in [0.25, 0.3) is 0 Å². The van der Waals surface area contributed by atoms with Gasteiger partial charge in [-0.15, -0.1) is 28.9 Å². The number of para-hydroxylation sites is 1. The van der Waals surface area contributed by atoms with Crippen molar-refractivity contribution < 1.29 is 25.8 Å². The number of anilines is 2. The number of aryl methyl sites for hydroxylation is 1. The third-order valence-corrected chi connectivity index (χ3v) is 9.90. The van der Waals surface area contributed by atoms with E-state index in [1.807, 2.05) is 49.3 Å². The average molecular weight is 840 g/mol. The first kappa shape index (κ1) is 32.8. The van der Waals surface area contributed by atoms with Crippen molar-refractivity contribution in [1.29, 1.82) is 0 Å². The number of hydrogen-bond donors (Lipinski definition) is 1. The van der Waals surface area contributed by atoms with Crippen molar-refractivity contribution in [2.75, 3.05) is 17.3 Å². The van der Waals surface area contributed by atoms with Crippen LogP contribution < -0.4 is 15.0 Å². The monoisotopic (exact) mass is 839 g/mol. The summed E-state index contributed by atoms with van der Waals surface area (Å²) in [6, 6.07) is 38.0. The first-order valence-corrected chi connectivity index (χ1v) is 16.8. The van der Waals surface area contributed by atoms with Crippen LogP contribution >= 0.6 is 11.3 Å². The van der Waals surface area contributed by atoms with Crippen molar-refractivity contribution in [2.45, 2.75) is 33.1 Å². The molecule has 0 aliphatic carbocycles. The zero-order chi connectivity index (χ0) is 33.0. The summed E-state index contributed by atoms with van der Waals surface area (Å²) >= 11 is 1.87. The third kappa shape index (κ3) is 6.07. The number of nitrogens with one attached hydrogen (secondary N) is 1. The Morgan fingerprint density at radius 2 is 1.57 bits per heavy atom. The van der Waals surface area contributed by atoms with Crippen molar-refractivity contribution in [1.82, 2.24) is 14.5 Å². The van der Waals surface area contributed by atoms with Crippen LogP contribution in [-0.4, -0.2) is 21.6 Å².